The molecule has 1 saturated heterocycles. The second-order valence-electron chi connectivity index (χ2n) is 6.06. The summed E-state index contributed by atoms with van der Waals surface area (Å²) in [5.41, 5.74) is -1.20. The fourth-order valence-electron chi connectivity index (χ4n) is 2.89. The number of nitrogens with zero attached hydrogens (tertiary/aromatic N) is 1. The average Bonchev–Trinajstić information content (AvgIpc) is 2.87. The summed E-state index contributed by atoms with van der Waals surface area (Å²) in [6.45, 7) is 1.40. The van der Waals surface area contributed by atoms with Gasteiger partial charge in [0.25, 0.3) is 17.4 Å². The molecule has 2 atom stereocenters. The molecule has 23 heavy (non-hydrogen) atoms. The molecular weight excluding hydrogens is 320 g/mol. The molecule has 1 N–H and O–H groups in total. The summed E-state index contributed by atoms with van der Waals surface area (Å²) >= 11 is 0. The molecule has 1 aromatic rings. The second-order valence-corrected chi connectivity index (χ2v) is 8.29. The van der Waals surface area contributed by atoms with Crippen LogP contribution in [0.25, 0.3) is 0 Å². The van der Waals surface area contributed by atoms with Crippen LogP contribution in [0.1, 0.15) is 13.3 Å². The van der Waals surface area contributed by atoms with Crippen LogP contribution < -0.4 is 10.1 Å². The zero-order valence-corrected chi connectivity index (χ0v) is 13.7. The number of fused-ring (bicyclic) bond motifs is 1. The highest BCUT2D eigenvalue weighted by molar-refractivity contribution is 7.91. The number of carbonyl (C=O) groups is 2. The molecule has 2 heterocycles. The van der Waals surface area contributed by atoms with Gasteiger partial charge in [0.05, 0.1) is 17.2 Å². The summed E-state index contributed by atoms with van der Waals surface area (Å²) in [5.74, 6) is -0.721. The minimum absolute atomic E-state index is 0.0574. The molecule has 0 unspecified atom stereocenters. The smallest absolute Gasteiger partial charge is 0.278 e. The number of sulfone groups is 1. The molecule has 1 fully saturated rings. The predicted molar refractivity (Wildman–Crippen MR) is 83.9 cm³/mol. The Kier molecular flexibility index (Phi) is 3.59. The van der Waals surface area contributed by atoms with Gasteiger partial charge in [-0.2, -0.15) is 0 Å². The van der Waals surface area contributed by atoms with E-state index in [2.05, 4.69) is 5.32 Å². The van der Waals surface area contributed by atoms with E-state index in [1.807, 2.05) is 0 Å². The zero-order valence-electron chi connectivity index (χ0n) is 12.9. The Morgan fingerprint density at radius 1 is 1.39 bits per heavy atom. The Hall–Kier alpha value is -2.09. The van der Waals surface area contributed by atoms with Crippen molar-refractivity contribution in [3.8, 4) is 5.75 Å². The maximum Gasteiger partial charge on any atom is 0.278 e. The van der Waals surface area contributed by atoms with E-state index in [0.29, 0.717) is 17.9 Å². The molecule has 0 aromatic heterocycles. The van der Waals surface area contributed by atoms with Crippen LogP contribution >= 0.6 is 0 Å². The number of amides is 2. The predicted octanol–water partition coefficient (Wildman–Crippen LogP) is 0.422. The summed E-state index contributed by atoms with van der Waals surface area (Å²) in [6.07, 6.45) is 0.374. The largest absolute Gasteiger partial charge is 0.466 e. The molecule has 8 heteroatoms. The first kappa shape index (κ1) is 15.8. The van der Waals surface area contributed by atoms with Crippen LogP contribution in [-0.4, -0.2) is 55.3 Å². The van der Waals surface area contributed by atoms with Crippen molar-refractivity contribution in [1.82, 2.24) is 4.90 Å². The first-order chi connectivity index (χ1) is 10.7. The molecule has 2 aliphatic rings. The van der Waals surface area contributed by atoms with Gasteiger partial charge in [0.2, 0.25) is 0 Å². The van der Waals surface area contributed by atoms with Crippen molar-refractivity contribution >= 4 is 27.3 Å². The van der Waals surface area contributed by atoms with Gasteiger partial charge in [0, 0.05) is 13.1 Å². The third-order valence-corrected chi connectivity index (χ3v) is 6.12. The molecule has 0 radical (unpaired) electrons. The Morgan fingerprint density at radius 3 is 2.74 bits per heavy atom. The summed E-state index contributed by atoms with van der Waals surface area (Å²) in [7, 11) is -1.61. The zero-order chi connectivity index (χ0) is 16.8. The normalized spacial score (nSPS) is 28.4. The number of nitrogens with one attached hydrogen (secondary N) is 1. The maximum atomic E-state index is 12.8. The van der Waals surface area contributed by atoms with Gasteiger partial charge < -0.3 is 15.0 Å². The molecule has 0 bridgehead atoms. The third kappa shape index (κ3) is 2.67. The van der Waals surface area contributed by atoms with E-state index < -0.39 is 33.3 Å². The SMILES string of the molecule is CN(C(=O)[C@@]1(C)Oc2ccccc2NC1=O)[C@@H]1CCS(=O)(=O)C1. The lowest BCUT2D eigenvalue weighted by atomic mass is 10.00. The number of likely N-dealkylation sites (N-methyl/N-ethyl adjacent to an activating group) is 1. The van der Waals surface area contributed by atoms with E-state index in [1.54, 1.807) is 24.3 Å². The number of rotatable bonds is 2. The molecule has 0 spiro atoms. The van der Waals surface area contributed by atoms with Crippen LogP contribution in [0.3, 0.4) is 0 Å². The van der Waals surface area contributed by atoms with Gasteiger partial charge in [0.1, 0.15) is 5.75 Å². The van der Waals surface area contributed by atoms with Crippen molar-refractivity contribution in [3.63, 3.8) is 0 Å². The Morgan fingerprint density at radius 2 is 2.09 bits per heavy atom. The van der Waals surface area contributed by atoms with Crippen molar-refractivity contribution in [2.45, 2.75) is 25.0 Å². The van der Waals surface area contributed by atoms with Crippen molar-refractivity contribution in [1.29, 1.82) is 0 Å². The van der Waals surface area contributed by atoms with E-state index in [4.69, 9.17) is 4.74 Å². The molecule has 1 aromatic carbocycles. The lowest BCUT2D eigenvalue weighted by molar-refractivity contribution is -0.154. The Balaban J connectivity index is 1.85. The standard InChI is InChI=1S/C15H18N2O5S/c1-15(13(18)16-11-5-3-4-6-12(11)22-15)14(19)17(2)10-7-8-23(20,21)9-10/h3-6,10H,7-9H2,1-2H3,(H,16,18)/t10-,15+/m1/s1. The van der Waals surface area contributed by atoms with Gasteiger partial charge >= 0.3 is 0 Å². The van der Waals surface area contributed by atoms with Gasteiger partial charge in [-0.1, -0.05) is 12.1 Å². The van der Waals surface area contributed by atoms with Gasteiger partial charge in [-0.15, -0.1) is 0 Å². The minimum atomic E-state index is -3.12. The second kappa shape index (κ2) is 5.23. The average molecular weight is 338 g/mol. The minimum Gasteiger partial charge on any atom is -0.466 e. The monoisotopic (exact) mass is 338 g/mol. The molecule has 0 aliphatic carbocycles. The molecule has 2 aliphatic heterocycles. The molecular formula is C15H18N2O5S. The first-order valence-corrected chi connectivity index (χ1v) is 9.12. The quantitative estimate of drug-likeness (QED) is 0.789. The summed E-state index contributed by atoms with van der Waals surface area (Å²) in [6, 6.07) is 6.42. The maximum absolute atomic E-state index is 12.8. The van der Waals surface area contributed by atoms with Gasteiger partial charge in [-0.05, 0) is 25.5 Å². The van der Waals surface area contributed by atoms with Gasteiger partial charge in [0.15, 0.2) is 9.84 Å². The van der Waals surface area contributed by atoms with Crippen LogP contribution in [0, 0.1) is 0 Å². The molecule has 0 saturated carbocycles. The van der Waals surface area contributed by atoms with E-state index in [-0.39, 0.29) is 11.5 Å². The molecule has 7 nitrogen and oxygen atoms in total. The van der Waals surface area contributed by atoms with Gasteiger partial charge in [-0.25, -0.2) is 8.42 Å². The molecule has 2 amide bonds. The Labute approximate surface area is 134 Å². The number of para-hydroxylation sites is 2. The van der Waals surface area contributed by atoms with Crippen LogP contribution in [0.5, 0.6) is 5.75 Å². The van der Waals surface area contributed by atoms with E-state index in [0.717, 1.165) is 0 Å². The summed E-state index contributed by atoms with van der Waals surface area (Å²) < 4.78 is 28.9. The molecule has 3 rings (SSSR count). The van der Waals surface area contributed by atoms with Crippen LogP contribution in [0.4, 0.5) is 5.69 Å². The van der Waals surface area contributed by atoms with E-state index >= 15 is 0 Å². The number of anilines is 1. The van der Waals surface area contributed by atoms with Crippen molar-refractivity contribution < 1.29 is 22.7 Å². The number of carbonyl (C=O) groups excluding carboxylic acids is 2. The van der Waals surface area contributed by atoms with Gasteiger partial charge in [-0.3, -0.25) is 9.59 Å². The fourth-order valence-corrected chi connectivity index (χ4v) is 4.67. The fraction of sp³-hybridized carbons (Fsp3) is 0.467. The highest BCUT2D eigenvalue weighted by atomic mass is 32.2. The van der Waals surface area contributed by atoms with E-state index in [9.17, 15) is 18.0 Å². The first-order valence-electron chi connectivity index (χ1n) is 7.30. The Bertz CT molecular complexity index is 776. The highest BCUT2D eigenvalue weighted by Gasteiger charge is 2.50. The lowest BCUT2D eigenvalue weighted by Crippen LogP contribution is -2.60. The summed E-state index contributed by atoms with van der Waals surface area (Å²) in [4.78, 5) is 26.5. The number of benzene rings is 1. The highest BCUT2D eigenvalue weighted by Crippen LogP contribution is 2.34. The van der Waals surface area contributed by atoms with Crippen molar-refractivity contribution in [2.24, 2.45) is 0 Å². The van der Waals surface area contributed by atoms with Crippen LogP contribution in [0.2, 0.25) is 0 Å². The topological polar surface area (TPSA) is 92.8 Å². The van der Waals surface area contributed by atoms with Crippen molar-refractivity contribution in [2.75, 3.05) is 23.9 Å². The van der Waals surface area contributed by atoms with Crippen LogP contribution in [0.15, 0.2) is 24.3 Å². The third-order valence-electron chi connectivity index (χ3n) is 4.37. The van der Waals surface area contributed by atoms with Crippen LogP contribution in [-0.2, 0) is 19.4 Å². The summed E-state index contributed by atoms with van der Waals surface area (Å²) in [5, 5.41) is 2.66. The lowest BCUT2D eigenvalue weighted by Gasteiger charge is -2.37. The molecule has 124 valence electrons. The number of hydrogen-bond donors (Lipinski definition) is 1. The number of hydrogen-bond acceptors (Lipinski definition) is 5. The van der Waals surface area contributed by atoms with E-state index in [1.165, 1.54) is 18.9 Å². The van der Waals surface area contributed by atoms with Crippen molar-refractivity contribution in [3.05, 3.63) is 24.3 Å². The number of ether oxygens (including phenoxy) is 1.